The van der Waals surface area contributed by atoms with Crippen molar-refractivity contribution in [1.82, 2.24) is 5.32 Å². The monoisotopic (exact) mass is 197 g/mol. The first-order chi connectivity index (χ1) is 6.29. The fraction of sp³-hybridized carbons (Fsp3) is 0.636. The zero-order chi connectivity index (χ0) is 9.52. The molecule has 0 fully saturated rings. The molecule has 0 saturated heterocycles. The maximum atomic E-state index is 3.46. The summed E-state index contributed by atoms with van der Waals surface area (Å²) in [6.07, 6.45) is 2.46. The third-order valence-corrected chi connectivity index (χ3v) is 2.96. The van der Waals surface area contributed by atoms with Crippen LogP contribution >= 0.6 is 11.3 Å². The molecule has 0 saturated carbocycles. The third-order valence-electron chi connectivity index (χ3n) is 2.03. The van der Waals surface area contributed by atoms with E-state index >= 15 is 0 Å². The van der Waals surface area contributed by atoms with Crippen LogP contribution in [0.3, 0.4) is 0 Å². The van der Waals surface area contributed by atoms with E-state index in [2.05, 4.69) is 36.7 Å². The van der Waals surface area contributed by atoms with Gasteiger partial charge in [0.1, 0.15) is 0 Å². The lowest BCUT2D eigenvalue weighted by Gasteiger charge is -2.05. The zero-order valence-electron chi connectivity index (χ0n) is 8.55. The summed E-state index contributed by atoms with van der Waals surface area (Å²) in [6, 6.07) is 4.32. The number of rotatable bonds is 6. The van der Waals surface area contributed by atoms with Crippen LogP contribution in [0.1, 0.15) is 25.1 Å². The van der Waals surface area contributed by atoms with E-state index in [0.717, 1.165) is 19.0 Å². The molecule has 1 heterocycles. The fourth-order valence-corrected chi connectivity index (χ4v) is 1.89. The molecule has 2 heteroatoms. The number of nitrogens with one attached hydrogen (secondary N) is 1. The summed E-state index contributed by atoms with van der Waals surface area (Å²) >= 11 is 1.85. The van der Waals surface area contributed by atoms with Gasteiger partial charge in [-0.1, -0.05) is 19.9 Å². The molecule has 1 aromatic rings. The molecular formula is C11H19NS. The van der Waals surface area contributed by atoms with Gasteiger partial charge in [-0.05, 0) is 43.3 Å². The summed E-state index contributed by atoms with van der Waals surface area (Å²) in [5, 5.41) is 5.60. The van der Waals surface area contributed by atoms with Crippen molar-refractivity contribution < 1.29 is 0 Å². The molecule has 0 aromatic carbocycles. The number of thiophene rings is 1. The van der Waals surface area contributed by atoms with Gasteiger partial charge in [-0.25, -0.2) is 0 Å². The molecule has 0 aliphatic rings. The van der Waals surface area contributed by atoms with Crippen LogP contribution in [0, 0.1) is 5.92 Å². The summed E-state index contributed by atoms with van der Waals surface area (Å²) in [6.45, 7) is 6.80. The first-order valence-corrected chi connectivity index (χ1v) is 5.90. The van der Waals surface area contributed by atoms with Crippen LogP contribution in [0.15, 0.2) is 17.5 Å². The molecular weight excluding hydrogens is 178 g/mol. The van der Waals surface area contributed by atoms with Crippen molar-refractivity contribution >= 4 is 11.3 Å². The van der Waals surface area contributed by atoms with E-state index in [1.807, 2.05) is 11.3 Å². The molecule has 74 valence electrons. The summed E-state index contributed by atoms with van der Waals surface area (Å²) in [5.41, 5.74) is 0. The zero-order valence-corrected chi connectivity index (χ0v) is 9.36. The Kier molecular flexibility index (Phi) is 5.09. The van der Waals surface area contributed by atoms with Crippen LogP contribution in [-0.4, -0.2) is 13.1 Å². The van der Waals surface area contributed by atoms with Crippen molar-refractivity contribution in [3.05, 3.63) is 22.4 Å². The topological polar surface area (TPSA) is 12.0 Å². The van der Waals surface area contributed by atoms with E-state index in [1.54, 1.807) is 0 Å². The molecule has 0 aliphatic carbocycles. The minimum atomic E-state index is 0.814. The van der Waals surface area contributed by atoms with E-state index in [4.69, 9.17) is 0 Å². The van der Waals surface area contributed by atoms with Crippen LogP contribution in [0.2, 0.25) is 0 Å². The Morgan fingerprint density at radius 2 is 2.23 bits per heavy atom. The second-order valence-electron chi connectivity index (χ2n) is 3.76. The molecule has 0 bridgehead atoms. The van der Waals surface area contributed by atoms with Gasteiger partial charge in [0.2, 0.25) is 0 Å². The summed E-state index contributed by atoms with van der Waals surface area (Å²) < 4.78 is 0. The minimum absolute atomic E-state index is 0.814. The molecule has 13 heavy (non-hydrogen) atoms. The van der Waals surface area contributed by atoms with E-state index in [9.17, 15) is 0 Å². The average Bonchev–Trinajstić information content (AvgIpc) is 2.55. The normalized spacial score (nSPS) is 11.0. The highest BCUT2D eigenvalue weighted by molar-refractivity contribution is 7.09. The van der Waals surface area contributed by atoms with E-state index in [0.29, 0.717) is 0 Å². The van der Waals surface area contributed by atoms with Gasteiger partial charge in [-0.3, -0.25) is 0 Å². The summed E-state index contributed by atoms with van der Waals surface area (Å²) in [7, 11) is 0. The Morgan fingerprint density at radius 3 is 2.85 bits per heavy atom. The lowest BCUT2D eigenvalue weighted by molar-refractivity contribution is 0.540. The fourth-order valence-electron chi connectivity index (χ4n) is 1.18. The van der Waals surface area contributed by atoms with Gasteiger partial charge in [0.05, 0.1) is 0 Å². The van der Waals surface area contributed by atoms with E-state index < -0.39 is 0 Å². The van der Waals surface area contributed by atoms with E-state index in [1.165, 1.54) is 17.7 Å². The lowest BCUT2D eigenvalue weighted by atomic mass is 10.1. The lowest BCUT2D eigenvalue weighted by Crippen LogP contribution is -2.19. The predicted octanol–water partition coefficient (Wildman–Crippen LogP) is 2.93. The Balaban J connectivity index is 1.96. The van der Waals surface area contributed by atoms with Gasteiger partial charge >= 0.3 is 0 Å². The van der Waals surface area contributed by atoms with Gasteiger partial charge in [-0.15, -0.1) is 11.3 Å². The second kappa shape index (κ2) is 6.17. The van der Waals surface area contributed by atoms with E-state index in [-0.39, 0.29) is 0 Å². The highest BCUT2D eigenvalue weighted by Crippen LogP contribution is 2.08. The molecule has 0 amide bonds. The minimum Gasteiger partial charge on any atom is -0.316 e. The maximum absolute atomic E-state index is 3.46. The largest absolute Gasteiger partial charge is 0.316 e. The Labute approximate surface area is 85.2 Å². The van der Waals surface area contributed by atoms with Crippen LogP contribution in [0.4, 0.5) is 0 Å². The van der Waals surface area contributed by atoms with Crippen LogP contribution in [0.5, 0.6) is 0 Å². The molecule has 0 spiro atoms. The number of hydrogen-bond acceptors (Lipinski definition) is 2. The van der Waals surface area contributed by atoms with Crippen LogP contribution in [-0.2, 0) is 6.42 Å². The standard InChI is InChI=1S/C11H19NS/c1-10(2)5-7-12-8-6-11-4-3-9-13-11/h3-4,9-10,12H,5-8H2,1-2H3. The van der Waals surface area contributed by atoms with Crippen molar-refractivity contribution in [1.29, 1.82) is 0 Å². The Bertz CT molecular complexity index is 204. The SMILES string of the molecule is CC(C)CCNCCc1cccs1. The van der Waals surface area contributed by atoms with Gasteiger partial charge in [0.25, 0.3) is 0 Å². The van der Waals surface area contributed by atoms with Gasteiger partial charge < -0.3 is 5.32 Å². The van der Waals surface area contributed by atoms with Crippen molar-refractivity contribution in [3.8, 4) is 0 Å². The maximum Gasteiger partial charge on any atom is 0.00578 e. The molecule has 0 atom stereocenters. The molecule has 1 N–H and O–H groups in total. The average molecular weight is 197 g/mol. The second-order valence-corrected chi connectivity index (χ2v) is 4.79. The van der Waals surface area contributed by atoms with Crippen LogP contribution in [0.25, 0.3) is 0 Å². The molecule has 0 radical (unpaired) electrons. The highest BCUT2D eigenvalue weighted by Gasteiger charge is 1.94. The highest BCUT2D eigenvalue weighted by atomic mass is 32.1. The summed E-state index contributed by atoms with van der Waals surface area (Å²) in [5.74, 6) is 0.814. The quantitative estimate of drug-likeness (QED) is 0.691. The van der Waals surface area contributed by atoms with Gasteiger partial charge in [-0.2, -0.15) is 0 Å². The van der Waals surface area contributed by atoms with Crippen molar-refractivity contribution in [2.24, 2.45) is 5.92 Å². The molecule has 0 unspecified atom stereocenters. The van der Waals surface area contributed by atoms with Crippen molar-refractivity contribution in [2.75, 3.05) is 13.1 Å². The molecule has 1 rings (SSSR count). The molecule has 0 aliphatic heterocycles. The van der Waals surface area contributed by atoms with Gasteiger partial charge in [0, 0.05) is 4.88 Å². The first-order valence-electron chi connectivity index (χ1n) is 5.02. The third kappa shape index (κ3) is 5.06. The molecule has 1 aromatic heterocycles. The predicted molar refractivity (Wildman–Crippen MR) is 60.3 cm³/mol. The number of hydrogen-bond donors (Lipinski definition) is 1. The Morgan fingerprint density at radius 1 is 1.38 bits per heavy atom. The smallest absolute Gasteiger partial charge is 0.00578 e. The van der Waals surface area contributed by atoms with Crippen LogP contribution < -0.4 is 5.32 Å². The van der Waals surface area contributed by atoms with Crippen molar-refractivity contribution in [3.63, 3.8) is 0 Å². The Hall–Kier alpha value is -0.340. The van der Waals surface area contributed by atoms with Gasteiger partial charge in [0.15, 0.2) is 0 Å². The summed E-state index contributed by atoms with van der Waals surface area (Å²) in [4.78, 5) is 1.48. The molecule has 1 nitrogen and oxygen atoms in total. The first kappa shape index (κ1) is 10.7. The van der Waals surface area contributed by atoms with Crippen molar-refractivity contribution in [2.45, 2.75) is 26.7 Å².